The maximum absolute atomic E-state index is 13.8. The molecule has 2 bridgehead atoms. The highest BCUT2D eigenvalue weighted by Crippen LogP contribution is 2.44. The second-order valence-corrected chi connectivity index (χ2v) is 11.1. The summed E-state index contributed by atoms with van der Waals surface area (Å²) in [5.74, 6) is 1.85. The molecule has 0 amide bonds. The summed E-state index contributed by atoms with van der Waals surface area (Å²) in [4.78, 5) is 7.86. The largest absolute Gasteiger partial charge is 0.497 e. The van der Waals surface area contributed by atoms with Gasteiger partial charge in [-0.2, -0.15) is 0 Å². The minimum atomic E-state index is -1.61. The molecule has 0 radical (unpaired) electrons. The Morgan fingerprint density at radius 1 is 1.17 bits per heavy atom. The third-order valence-electron chi connectivity index (χ3n) is 7.75. The van der Waals surface area contributed by atoms with Gasteiger partial charge in [0.25, 0.3) is 0 Å². The van der Waals surface area contributed by atoms with Gasteiger partial charge in [-0.25, -0.2) is 4.21 Å². The summed E-state index contributed by atoms with van der Waals surface area (Å²) in [6.45, 7) is 12.2. The molecule has 3 aliphatic rings. The quantitative estimate of drug-likeness (QED) is 0.389. The number of nitrogens with zero attached hydrogens (tertiary/aromatic N) is 2. The number of aromatic nitrogens is 1. The molecule has 6 heteroatoms. The Labute approximate surface area is 210 Å². The van der Waals surface area contributed by atoms with Crippen LogP contribution in [0.5, 0.6) is 5.75 Å². The SMILES string of the molecule is C=C[C@H]1CN2CC[C@H]1C[C@H]2[C@H](O[S@@](=O)c1c(C)cc(C)cc1C)c1ccnc2ccc(OC)cc12. The van der Waals surface area contributed by atoms with Gasteiger partial charge in [-0.05, 0) is 92.9 Å². The number of fused-ring (bicyclic) bond motifs is 4. The van der Waals surface area contributed by atoms with Crippen LogP contribution in [0.4, 0.5) is 0 Å². The first kappa shape index (κ1) is 24.2. The van der Waals surface area contributed by atoms with E-state index in [1.807, 2.05) is 44.3 Å². The van der Waals surface area contributed by atoms with Crippen molar-refractivity contribution in [2.24, 2.45) is 11.8 Å². The summed E-state index contributed by atoms with van der Waals surface area (Å²) in [6.07, 6.45) is 5.74. The van der Waals surface area contributed by atoms with Crippen molar-refractivity contribution in [3.63, 3.8) is 0 Å². The van der Waals surface area contributed by atoms with Gasteiger partial charge < -0.3 is 4.74 Å². The standard InChI is InChI=1S/C29H34N2O3S/c1-6-21-17-31-12-10-22(21)15-27(31)28(34-35(32)29-19(3)13-18(2)14-20(29)4)24-9-11-30-26-8-7-23(33-5)16-25(24)26/h6-9,11,13-14,16,21-22,27-28H,1,10,12,15,17H2,2-5H3/t21-,22-,27-,28+,35+/m0/s1. The summed E-state index contributed by atoms with van der Waals surface area (Å²) < 4.78 is 26.0. The Balaban J connectivity index is 1.59. The van der Waals surface area contributed by atoms with Crippen LogP contribution in [0, 0.1) is 32.6 Å². The van der Waals surface area contributed by atoms with E-state index in [1.165, 1.54) is 6.42 Å². The van der Waals surface area contributed by atoms with Crippen LogP contribution >= 0.6 is 0 Å². The Morgan fingerprint density at radius 3 is 2.60 bits per heavy atom. The van der Waals surface area contributed by atoms with Crippen molar-refractivity contribution in [1.29, 1.82) is 0 Å². The smallest absolute Gasteiger partial charge is 0.190 e. The highest BCUT2D eigenvalue weighted by Gasteiger charge is 2.44. The normalized spacial score (nSPS) is 25.4. The van der Waals surface area contributed by atoms with Gasteiger partial charge in [-0.15, -0.1) is 6.58 Å². The molecule has 6 atom stereocenters. The number of hydrogen-bond acceptors (Lipinski definition) is 5. The van der Waals surface area contributed by atoms with Crippen molar-refractivity contribution < 1.29 is 13.1 Å². The molecule has 1 unspecified atom stereocenters. The average molecular weight is 491 g/mol. The highest BCUT2D eigenvalue weighted by atomic mass is 32.2. The van der Waals surface area contributed by atoms with Gasteiger partial charge in [-0.1, -0.05) is 23.8 Å². The Hall–Kier alpha value is -2.54. The van der Waals surface area contributed by atoms with Crippen molar-refractivity contribution in [3.05, 3.63) is 77.5 Å². The molecular weight excluding hydrogens is 456 g/mol. The third kappa shape index (κ3) is 4.55. The number of ether oxygens (including phenoxy) is 1. The predicted octanol–water partition coefficient (Wildman–Crippen LogP) is 5.85. The summed E-state index contributed by atoms with van der Waals surface area (Å²) in [5.41, 5.74) is 5.05. The molecule has 3 fully saturated rings. The molecule has 3 saturated heterocycles. The number of methoxy groups -OCH3 is 1. The van der Waals surface area contributed by atoms with Crippen LogP contribution in [-0.4, -0.2) is 40.3 Å². The van der Waals surface area contributed by atoms with E-state index in [0.717, 1.165) is 63.3 Å². The number of pyridine rings is 1. The molecule has 6 rings (SSSR count). The van der Waals surface area contributed by atoms with E-state index in [9.17, 15) is 4.21 Å². The molecule has 0 saturated carbocycles. The number of piperidine rings is 3. The Morgan fingerprint density at radius 2 is 1.94 bits per heavy atom. The van der Waals surface area contributed by atoms with Gasteiger partial charge in [0.1, 0.15) is 11.9 Å². The van der Waals surface area contributed by atoms with Crippen molar-refractivity contribution in [1.82, 2.24) is 9.88 Å². The van der Waals surface area contributed by atoms with Crippen LogP contribution in [0.25, 0.3) is 10.9 Å². The van der Waals surface area contributed by atoms with Crippen LogP contribution in [0.1, 0.15) is 41.2 Å². The second-order valence-electron chi connectivity index (χ2n) is 10.0. The molecule has 2 aromatic carbocycles. The minimum absolute atomic E-state index is 0.136. The number of rotatable bonds is 7. The van der Waals surface area contributed by atoms with Gasteiger partial charge in [0, 0.05) is 24.2 Å². The fourth-order valence-electron chi connectivity index (χ4n) is 6.11. The molecular formula is C29H34N2O3S. The predicted molar refractivity (Wildman–Crippen MR) is 141 cm³/mol. The van der Waals surface area contributed by atoms with E-state index in [4.69, 9.17) is 8.92 Å². The van der Waals surface area contributed by atoms with E-state index >= 15 is 0 Å². The minimum Gasteiger partial charge on any atom is -0.497 e. The van der Waals surface area contributed by atoms with Crippen LogP contribution in [0.3, 0.4) is 0 Å². The zero-order valence-electron chi connectivity index (χ0n) is 21.0. The fraction of sp³-hybridized carbons (Fsp3) is 0.414. The summed E-state index contributed by atoms with van der Waals surface area (Å²) in [6, 6.07) is 12.2. The molecule has 0 N–H and O–H groups in total. The van der Waals surface area contributed by atoms with Crippen LogP contribution in [0.15, 0.2) is 60.1 Å². The van der Waals surface area contributed by atoms with E-state index in [1.54, 1.807) is 7.11 Å². The maximum atomic E-state index is 13.8. The molecule has 3 aromatic rings. The van der Waals surface area contributed by atoms with Crippen molar-refractivity contribution in [3.8, 4) is 5.75 Å². The average Bonchev–Trinajstić information content (AvgIpc) is 2.86. The van der Waals surface area contributed by atoms with Crippen LogP contribution in [-0.2, 0) is 15.3 Å². The van der Waals surface area contributed by atoms with Gasteiger partial charge >= 0.3 is 0 Å². The lowest BCUT2D eigenvalue weighted by Crippen LogP contribution is -2.55. The van der Waals surface area contributed by atoms with Crippen molar-refractivity contribution >= 4 is 22.0 Å². The molecule has 0 spiro atoms. The molecule has 4 heterocycles. The topological polar surface area (TPSA) is 51.7 Å². The van der Waals surface area contributed by atoms with E-state index in [2.05, 4.69) is 41.6 Å². The Kier molecular flexibility index (Phi) is 6.80. The zero-order valence-corrected chi connectivity index (χ0v) is 21.8. The van der Waals surface area contributed by atoms with Crippen molar-refractivity contribution in [2.75, 3.05) is 20.2 Å². The molecule has 0 aliphatic carbocycles. The molecule has 184 valence electrons. The highest BCUT2D eigenvalue weighted by molar-refractivity contribution is 7.80. The summed E-state index contributed by atoms with van der Waals surface area (Å²) >= 11 is -1.61. The maximum Gasteiger partial charge on any atom is 0.190 e. The zero-order chi connectivity index (χ0) is 24.7. The third-order valence-corrected chi connectivity index (χ3v) is 9.11. The Bertz CT molecular complexity index is 1270. The van der Waals surface area contributed by atoms with Gasteiger partial charge in [0.05, 0.1) is 17.5 Å². The lowest BCUT2D eigenvalue weighted by atomic mass is 9.73. The van der Waals surface area contributed by atoms with E-state index in [-0.39, 0.29) is 12.1 Å². The lowest BCUT2D eigenvalue weighted by molar-refractivity contribution is -0.0322. The first-order chi connectivity index (χ1) is 16.9. The molecule has 35 heavy (non-hydrogen) atoms. The fourth-order valence-corrected chi connectivity index (χ4v) is 7.27. The number of hydrogen-bond donors (Lipinski definition) is 0. The lowest BCUT2D eigenvalue weighted by Gasteiger charge is -2.51. The van der Waals surface area contributed by atoms with E-state index in [0.29, 0.717) is 11.8 Å². The summed E-state index contributed by atoms with van der Waals surface area (Å²) in [7, 11) is 1.67. The summed E-state index contributed by atoms with van der Waals surface area (Å²) in [5, 5.41) is 0.981. The second kappa shape index (κ2) is 9.84. The number of aryl methyl sites for hydroxylation is 3. The number of benzene rings is 2. The molecule has 3 aliphatic heterocycles. The molecule has 1 aromatic heterocycles. The van der Waals surface area contributed by atoms with Crippen LogP contribution in [0.2, 0.25) is 0 Å². The van der Waals surface area contributed by atoms with E-state index < -0.39 is 11.1 Å². The van der Waals surface area contributed by atoms with Gasteiger partial charge in [0.15, 0.2) is 11.1 Å². The molecule has 5 nitrogen and oxygen atoms in total. The van der Waals surface area contributed by atoms with Crippen LogP contribution < -0.4 is 4.74 Å². The van der Waals surface area contributed by atoms with Gasteiger partial charge in [-0.3, -0.25) is 14.1 Å². The first-order valence-electron chi connectivity index (χ1n) is 12.4. The first-order valence-corrected chi connectivity index (χ1v) is 13.4. The van der Waals surface area contributed by atoms with Gasteiger partial charge in [0.2, 0.25) is 0 Å². The van der Waals surface area contributed by atoms with Crippen molar-refractivity contribution in [2.45, 2.75) is 50.7 Å². The monoisotopic (exact) mass is 490 g/mol.